The molecule has 0 amide bonds. The molecule has 0 aliphatic carbocycles. The molecule has 0 bridgehead atoms. The topological polar surface area (TPSA) is 51.8 Å². The van der Waals surface area contributed by atoms with Gasteiger partial charge in [0, 0.05) is 22.6 Å². The number of furan rings is 1. The van der Waals surface area contributed by atoms with E-state index in [1.165, 1.54) is 0 Å². The average molecular weight is 326 g/mol. The van der Waals surface area contributed by atoms with E-state index in [1.54, 1.807) is 7.11 Å². The van der Waals surface area contributed by atoms with Crippen molar-refractivity contribution in [3.63, 3.8) is 0 Å². The van der Waals surface area contributed by atoms with Crippen molar-refractivity contribution in [2.75, 3.05) is 13.9 Å². The van der Waals surface area contributed by atoms with Gasteiger partial charge < -0.3 is 19.0 Å². The predicted octanol–water partition coefficient (Wildman–Crippen LogP) is 4.70. The SMILES string of the molecule is CCCc1c(-c2ccccc2)c(OCO)cc2oc(OC)c(C)c12. The lowest BCUT2D eigenvalue weighted by Gasteiger charge is -2.16. The Bertz CT molecular complexity index is 834. The Hall–Kier alpha value is -2.46. The third-order valence-corrected chi connectivity index (χ3v) is 4.21. The third-order valence-electron chi connectivity index (χ3n) is 4.21. The quantitative estimate of drug-likeness (QED) is 0.667. The van der Waals surface area contributed by atoms with Crippen molar-refractivity contribution in [1.29, 1.82) is 0 Å². The molecule has 126 valence electrons. The van der Waals surface area contributed by atoms with Crippen LogP contribution in [0.5, 0.6) is 11.7 Å². The fraction of sp³-hybridized carbons (Fsp3) is 0.300. The smallest absolute Gasteiger partial charge is 0.288 e. The number of hydrogen-bond acceptors (Lipinski definition) is 4. The van der Waals surface area contributed by atoms with Gasteiger partial charge in [-0.25, -0.2) is 0 Å². The van der Waals surface area contributed by atoms with E-state index < -0.39 is 0 Å². The van der Waals surface area contributed by atoms with Gasteiger partial charge >= 0.3 is 0 Å². The lowest BCUT2D eigenvalue weighted by molar-refractivity contribution is 0.0991. The van der Waals surface area contributed by atoms with Gasteiger partial charge in [0.25, 0.3) is 5.95 Å². The molecule has 3 rings (SSSR count). The van der Waals surface area contributed by atoms with Crippen LogP contribution < -0.4 is 9.47 Å². The van der Waals surface area contributed by atoms with E-state index in [1.807, 2.05) is 31.2 Å². The van der Waals surface area contributed by atoms with Gasteiger partial charge in [-0.05, 0) is 24.5 Å². The number of benzene rings is 2. The highest BCUT2D eigenvalue weighted by Crippen LogP contribution is 2.43. The summed E-state index contributed by atoms with van der Waals surface area (Å²) >= 11 is 0. The van der Waals surface area contributed by atoms with E-state index in [2.05, 4.69) is 19.1 Å². The predicted molar refractivity (Wildman–Crippen MR) is 94.6 cm³/mol. The lowest BCUT2D eigenvalue weighted by atomic mass is 9.91. The second-order valence-electron chi connectivity index (χ2n) is 5.71. The Labute approximate surface area is 141 Å². The standard InChI is InChI=1S/C20H22O4/c1-4-8-15-18-13(2)20(22-3)24-17(18)11-16(23-12-21)19(15)14-9-6-5-7-10-14/h5-7,9-11,21H,4,8,12H2,1-3H3. The van der Waals surface area contributed by atoms with Crippen LogP contribution in [0.2, 0.25) is 0 Å². The molecule has 1 aromatic heterocycles. The summed E-state index contributed by atoms with van der Waals surface area (Å²) in [6.07, 6.45) is 1.87. The van der Waals surface area contributed by atoms with E-state index in [0.29, 0.717) is 11.7 Å². The number of aryl methyl sites for hydroxylation is 2. The number of hydrogen-bond donors (Lipinski definition) is 1. The number of fused-ring (bicyclic) bond motifs is 1. The fourth-order valence-electron chi connectivity index (χ4n) is 3.26. The van der Waals surface area contributed by atoms with Crippen LogP contribution in [0.25, 0.3) is 22.1 Å². The van der Waals surface area contributed by atoms with Crippen LogP contribution >= 0.6 is 0 Å². The maximum absolute atomic E-state index is 9.31. The maximum atomic E-state index is 9.31. The Morgan fingerprint density at radius 3 is 2.54 bits per heavy atom. The van der Waals surface area contributed by atoms with Gasteiger partial charge in [0.15, 0.2) is 6.79 Å². The molecule has 0 radical (unpaired) electrons. The summed E-state index contributed by atoms with van der Waals surface area (Å²) in [7, 11) is 1.60. The summed E-state index contributed by atoms with van der Waals surface area (Å²) in [4.78, 5) is 0. The number of aliphatic hydroxyl groups is 1. The molecule has 0 unspecified atom stereocenters. The molecule has 0 fully saturated rings. The van der Waals surface area contributed by atoms with Crippen LogP contribution in [0, 0.1) is 6.92 Å². The van der Waals surface area contributed by atoms with E-state index in [9.17, 15) is 5.11 Å². The lowest BCUT2D eigenvalue weighted by Crippen LogP contribution is -2.00. The van der Waals surface area contributed by atoms with Crippen molar-refractivity contribution in [2.24, 2.45) is 0 Å². The van der Waals surface area contributed by atoms with Crippen molar-refractivity contribution in [2.45, 2.75) is 26.7 Å². The van der Waals surface area contributed by atoms with Crippen molar-refractivity contribution >= 4 is 11.0 Å². The zero-order valence-corrected chi connectivity index (χ0v) is 14.3. The van der Waals surface area contributed by atoms with Crippen LogP contribution in [0.1, 0.15) is 24.5 Å². The molecule has 3 aromatic rings. The monoisotopic (exact) mass is 326 g/mol. The van der Waals surface area contributed by atoms with Crippen molar-refractivity contribution in [3.05, 3.63) is 47.5 Å². The molecule has 0 aliphatic rings. The average Bonchev–Trinajstić information content (AvgIpc) is 2.92. The van der Waals surface area contributed by atoms with Gasteiger partial charge in [0.1, 0.15) is 11.3 Å². The molecule has 0 saturated carbocycles. The second-order valence-corrected chi connectivity index (χ2v) is 5.71. The number of aliphatic hydroxyl groups excluding tert-OH is 1. The Kier molecular flexibility index (Phi) is 4.76. The van der Waals surface area contributed by atoms with Crippen molar-refractivity contribution in [3.8, 4) is 22.8 Å². The maximum Gasteiger partial charge on any atom is 0.288 e. The molecule has 4 nitrogen and oxygen atoms in total. The van der Waals surface area contributed by atoms with Crippen molar-refractivity contribution in [1.82, 2.24) is 0 Å². The minimum Gasteiger partial charge on any atom is -0.468 e. The van der Waals surface area contributed by atoms with Gasteiger partial charge in [0.05, 0.1) is 7.11 Å². The molecular weight excluding hydrogens is 304 g/mol. The first-order valence-corrected chi connectivity index (χ1v) is 8.13. The Morgan fingerprint density at radius 1 is 1.17 bits per heavy atom. The normalized spacial score (nSPS) is 11.0. The summed E-state index contributed by atoms with van der Waals surface area (Å²) in [5.41, 5.74) is 4.94. The Balaban J connectivity index is 2.39. The summed E-state index contributed by atoms with van der Waals surface area (Å²) in [6, 6.07) is 11.9. The van der Waals surface area contributed by atoms with Crippen LogP contribution in [-0.4, -0.2) is 19.0 Å². The zero-order chi connectivity index (χ0) is 17.1. The summed E-state index contributed by atoms with van der Waals surface area (Å²) in [5.74, 6) is 1.14. The highest BCUT2D eigenvalue weighted by Gasteiger charge is 2.22. The first-order chi connectivity index (χ1) is 11.7. The van der Waals surface area contributed by atoms with E-state index in [-0.39, 0.29) is 6.79 Å². The summed E-state index contributed by atoms with van der Waals surface area (Å²) < 4.78 is 16.7. The Morgan fingerprint density at radius 2 is 1.92 bits per heavy atom. The minimum absolute atomic E-state index is 0.381. The van der Waals surface area contributed by atoms with E-state index >= 15 is 0 Å². The van der Waals surface area contributed by atoms with E-state index in [0.717, 1.165) is 46.1 Å². The first-order valence-electron chi connectivity index (χ1n) is 8.13. The van der Waals surface area contributed by atoms with Gasteiger partial charge in [-0.2, -0.15) is 0 Å². The third kappa shape index (κ3) is 2.74. The molecule has 24 heavy (non-hydrogen) atoms. The highest BCUT2D eigenvalue weighted by molar-refractivity contribution is 5.95. The number of rotatable bonds is 6. The largest absolute Gasteiger partial charge is 0.468 e. The van der Waals surface area contributed by atoms with Crippen LogP contribution in [0.3, 0.4) is 0 Å². The molecule has 0 aliphatic heterocycles. The van der Waals surface area contributed by atoms with Crippen LogP contribution in [-0.2, 0) is 6.42 Å². The van der Waals surface area contributed by atoms with Crippen LogP contribution in [0.15, 0.2) is 40.8 Å². The van der Waals surface area contributed by atoms with Gasteiger partial charge in [0.2, 0.25) is 0 Å². The number of methoxy groups -OCH3 is 1. The highest BCUT2D eigenvalue weighted by atomic mass is 16.6. The fourth-order valence-corrected chi connectivity index (χ4v) is 3.26. The molecule has 0 atom stereocenters. The minimum atomic E-state index is -0.381. The van der Waals surface area contributed by atoms with Gasteiger partial charge in [-0.3, -0.25) is 0 Å². The molecule has 4 heteroatoms. The first kappa shape index (κ1) is 16.4. The molecule has 1 heterocycles. The van der Waals surface area contributed by atoms with E-state index in [4.69, 9.17) is 13.9 Å². The van der Waals surface area contributed by atoms with Gasteiger partial charge in [-0.15, -0.1) is 0 Å². The molecule has 0 spiro atoms. The molecular formula is C20H22O4. The van der Waals surface area contributed by atoms with Crippen molar-refractivity contribution < 1.29 is 19.0 Å². The second kappa shape index (κ2) is 6.97. The number of ether oxygens (including phenoxy) is 2. The molecule has 2 aromatic carbocycles. The summed E-state index contributed by atoms with van der Waals surface area (Å²) in [5, 5.41) is 10.4. The molecule has 1 N–H and O–H groups in total. The van der Waals surface area contributed by atoms with Gasteiger partial charge in [-0.1, -0.05) is 43.7 Å². The zero-order valence-electron chi connectivity index (χ0n) is 14.3. The molecule has 0 saturated heterocycles. The summed E-state index contributed by atoms with van der Waals surface area (Å²) in [6.45, 7) is 3.77. The van der Waals surface area contributed by atoms with Crippen LogP contribution in [0.4, 0.5) is 0 Å².